The normalized spacial score (nSPS) is 25.4. The Hall–Kier alpha value is -4.62. The van der Waals surface area contributed by atoms with E-state index < -0.39 is 0 Å². The number of hydrogen-bond acceptors (Lipinski definition) is 1. The molecule has 4 fully saturated rings. The lowest BCUT2D eigenvalue weighted by Gasteiger charge is -2.61. The number of fused-ring (bicyclic) bond motifs is 4. The molecular formula is C44H37N. The van der Waals surface area contributed by atoms with Gasteiger partial charge in [-0.1, -0.05) is 103 Å². The SMILES string of the molecule is c1ccc(N(c2ccc(-c3cccc4ccccc34)cc2)c2ccc3c(c2)C2(c4ccccc4-3)C3CC4CC(C3)CC2C4)cc1. The first-order valence-electron chi connectivity index (χ1n) is 16.9. The number of benzene rings is 6. The van der Waals surface area contributed by atoms with Gasteiger partial charge in [-0.05, 0) is 136 Å². The van der Waals surface area contributed by atoms with Gasteiger partial charge in [0.25, 0.3) is 0 Å². The summed E-state index contributed by atoms with van der Waals surface area (Å²) in [6, 6.07) is 52.3. The summed E-state index contributed by atoms with van der Waals surface area (Å²) >= 11 is 0. The Kier molecular flexibility index (Phi) is 5.53. The highest BCUT2D eigenvalue weighted by Gasteiger charge is 2.61. The van der Waals surface area contributed by atoms with Gasteiger partial charge in [-0.15, -0.1) is 0 Å². The largest absolute Gasteiger partial charge is 0.310 e. The molecule has 4 saturated carbocycles. The van der Waals surface area contributed by atoms with Crippen LogP contribution in [0.5, 0.6) is 0 Å². The van der Waals surface area contributed by atoms with Crippen LogP contribution in [0.4, 0.5) is 17.1 Å². The molecule has 4 bridgehead atoms. The highest BCUT2D eigenvalue weighted by atomic mass is 15.1. The van der Waals surface area contributed by atoms with Crippen LogP contribution in [0.3, 0.4) is 0 Å². The van der Waals surface area contributed by atoms with Crippen LogP contribution >= 0.6 is 0 Å². The zero-order valence-corrected chi connectivity index (χ0v) is 25.6. The van der Waals surface area contributed by atoms with Crippen molar-refractivity contribution in [2.45, 2.75) is 37.5 Å². The lowest BCUT2D eigenvalue weighted by molar-refractivity contribution is -0.0399. The quantitative estimate of drug-likeness (QED) is 0.201. The summed E-state index contributed by atoms with van der Waals surface area (Å²) < 4.78 is 0. The van der Waals surface area contributed by atoms with Crippen molar-refractivity contribution in [3.63, 3.8) is 0 Å². The monoisotopic (exact) mass is 579 g/mol. The van der Waals surface area contributed by atoms with Gasteiger partial charge in [0, 0.05) is 22.5 Å². The molecule has 6 aromatic rings. The second kappa shape index (κ2) is 9.69. The van der Waals surface area contributed by atoms with Crippen LogP contribution in [0.2, 0.25) is 0 Å². The van der Waals surface area contributed by atoms with E-state index in [-0.39, 0.29) is 5.41 Å². The van der Waals surface area contributed by atoms with Crippen molar-refractivity contribution in [3.05, 3.63) is 151 Å². The molecule has 11 rings (SSSR count). The summed E-state index contributed by atoms with van der Waals surface area (Å²) in [6.45, 7) is 0. The van der Waals surface area contributed by atoms with E-state index >= 15 is 0 Å². The average Bonchev–Trinajstić information content (AvgIpc) is 3.38. The first-order valence-corrected chi connectivity index (χ1v) is 16.9. The van der Waals surface area contributed by atoms with E-state index in [9.17, 15) is 0 Å². The second-order valence-electron chi connectivity index (χ2n) is 14.2. The number of hydrogen-bond donors (Lipinski definition) is 0. The zero-order valence-electron chi connectivity index (χ0n) is 25.6. The molecular weight excluding hydrogens is 542 g/mol. The summed E-state index contributed by atoms with van der Waals surface area (Å²) in [5, 5.41) is 2.58. The molecule has 0 atom stereocenters. The standard InChI is InChI=1S/C44H37N/c1-2-11-35(12-3-1)45(36-19-17-32(18-20-36)39-15-8-10-31-9-4-5-13-38(31)39)37-21-22-41-40-14-6-7-16-42(40)44(43(41)28-37)33-24-29-23-30(26-33)27-34(44)25-29/h1-22,28-30,33-34H,23-27H2. The van der Waals surface area contributed by atoms with Crippen molar-refractivity contribution in [1.29, 1.82) is 0 Å². The highest BCUT2D eigenvalue weighted by Crippen LogP contribution is 2.69. The minimum atomic E-state index is 0.163. The summed E-state index contributed by atoms with van der Waals surface area (Å²) in [4.78, 5) is 2.47. The smallest absolute Gasteiger partial charge is 0.0465 e. The van der Waals surface area contributed by atoms with Gasteiger partial charge in [0.1, 0.15) is 0 Å². The molecule has 0 heterocycles. The molecule has 45 heavy (non-hydrogen) atoms. The molecule has 6 aromatic carbocycles. The average molecular weight is 580 g/mol. The molecule has 0 amide bonds. The molecule has 218 valence electrons. The predicted molar refractivity (Wildman–Crippen MR) is 187 cm³/mol. The summed E-state index contributed by atoms with van der Waals surface area (Å²) in [5.74, 6) is 3.41. The van der Waals surface area contributed by atoms with Crippen LogP contribution in [0.25, 0.3) is 33.0 Å². The van der Waals surface area contributed by atoms with Crippen LogP contribution in [-0.2, 0) is 5.41 Å². The fraction of sp³-hybridized carbons (Fsp3) is 0.227. The number of nitrogens with zero attached hydrogens (tertiary/aromatic N) is 1. The Morgan fingerprint density at radius 2 is 1.04 bits per heavy atom. The summed E-state index contributed by atoms with van der Waals surface area (Å²) in [5.41, 5.74) is 12.5. The summed E-state index contributed by atoms with van der Waals surface area (Å²) in [6.07, 6.45) is 7.10. The van der Waals surface area contributed by atoms with Crippen LogP contribution < -0.4 is 4.90 Å². The lowest BCUT2D eigenvalue weighted by Crippen LogP contribution is -2.55. The number of anilines is 3. The fourth-order valence-electron chi connectivity index (χ4n) is 10.6. The molecule has 0 N–H and O–H groups in total. The molecule has 0 aliphatic heterocycles. The minimum absolute atomic E-state index is 0.163. The van der Waals surface area contributed by atoms with Crippen molar-refractivity contribution in [2.75, 3.05) is 4.90 Å². The Bertz CT molecular complexity index is 2040. The third kappa shape index (κ3) is 3.67. The molecule has 5 aliphatic rings. The molecule has 5 aliphatic carbocycles. The van der Waals surface area contributed by atoms with E-state index in [1.54, 1.807) is 11.1 Å². The molecule has 0 unspecified atom stereocenters. The fourth-order valence-corrected chi connectivity index (χ4v) is 10.6. The number of para-hydroxylation sites is 1. The highest BCUT2D eigenvalue weighted by molar-refractivity contribution is 5.97. The molecule has 0 aromatic heterocycles. The van der Waals surface area contributed by atoms with Gasteiger partial charge in [0.05, 0.1) is 0 Å². The van der Waals surface area contributed by atoms with Crippen LogP contribution in [-0.4, -0.2) is 0 Å². The lowest BCUT2D eigenvalue weighted by atomic mass is 9.43. The molecule has 1 spiro atoms. The van der Waals surface area contributed by atoms with Crippen LogP contribution in [0.1, 0.15) is 43.2 Å². The zero-order chi connectivity index (χ0) is 29.5. The maximum Gasteiger partial charge on any atom is 0.0465 e. The first kappa shape index (κ1) is 25.7. The second-order valence-corrected chi connectivity index (χ2v) is 14.2. The maximum atomic E-state index is 2.60. The van der Waals surface area contributed by atoms with Crippen molar-refractivity contribution in [1.82, 2.24) is 0 Å². The minimum Gasteiger partial charge on any atom is -0.310 e. The van der Waals surface area contributed by atoms with Gasteiger partial charge in [-0.25, -0.2) is 0 Å². The third-order valence-electron chi connectivity index (χ3n) is 12.0. The predicted octanol–water partition coefficient (Wildman–Crippen LogP) is 11.7. The molecule has 0 saturated heterocycles. The Morgan fingerprint density at radius 1 is 0.444 bits per heavy atom. The van der Waals surface area contributed by atoms with Crippen LogP contribution in [0, 0.1) is 23.7 Å². The molecule has 1 heteroatoms. The van der Waals surface area contributed by atoms with Crippen molar-refractivity contribution < 1.29 is 0 Å². The Morgan fingerprint density at radius 3 is 1.84 bits per heavy atom. The Balaban J connectivity index is 1.12. The van der Waals surface area contributed by atoms with E-state index in [2.05, 4.69) is 144 Å². The van der Waals surface area contributed by atoms with Crippen molar-refractivity contribution in [3.8, 4) is 22.3 Å². The van der Waals surface area contributed by atoms with Gasteiger partial charge >= 0.3 is 0 Å². The molecule has 0 radical (unpaired) electrons. The van der Waals surface area contributed by atoms with Crippen molar-refractivity contribution >= 4 is 27.8 Å². The topological polar surface area (TPSA) is 3.24 Å². The van der Waals surface area contributed by atoms with E-state index in [0.29, 0.717) is 0 Å². The van der Waals surface area contributed by atoms with Crippen molar-refractivity contribution in [2.24, 2.45) is 23.7 Å². The van der Waals surface area contributed by atoms with Gasteiger partial charge in [0.2, 0.25) is 0 Å². The Labute approximate surface area is 266 Å². The van der Waals surface area contributed by atoms with E-state index in [1.807, 2.05) is 0 Å². The number of rotatable bonds is 4. The van der Waals surface area contributed by atoms with E-state index in [1.165, 1.54) is 82.2 Å². The van der Waals surface area contributed by atoms with E-state index in [0.717, 1.165) is 23.7 Å². The van der Waals surface area contributed by atoms with Gasteiger partial charge < -0.3 is 4.90 Å². The maximum absolute atomic E-state index is 2.60. The third-order valence-corrected chi connectivity index (χ3v) is 12.0. The molecule has 1 nitrogen and oxygen atoms in total. The van der Waals surface area contributed by atoms with Gasteiger partial charge in [0.15, 0.2) is 0 Å². The van der Waals surface area contributed by atoms with Gasteiger partial charge in [-0.2, -0.15) is 0 Å². The van der Waals surface area contributed by atoms with Crippen LogP contribution in [0.15, 0.2) is 140 Å². The van der Waals surface area contributed by atoms with E-state index in [4.69, 9.17) is 0 Å². The summed E-state index contributed by atoms with van der Waals surface area (Å²) in [7, 11) is 0. The first-order chi connectivity index (χ1) is 22.3. The van der Waals surface area contributed by atoms with Gasteiger partial charge in [-0.3, -0.25) is 0 Å².